The van der Waals surface area contributed by atoms with Gasteiger partial charge in [-0.1, -0.05) is 48.5 Å². The number of aliphatic hydroxyl groups excluding tert-OH is 2. The van der Waals surface area contributed by atoms with Crippen LogP contribution in [0.15, 0.2) is 66.7 Å². The van der Waals surface area contributed by atoms with Crippen LogP contribution in [0.25, 0.3) is 11.1 Å². The number of aromatic carboxylic acids is 1. The fourth-order valence-electron chi connectivity index (χ4n) is 4.32. The maximum Gasteiger partial charge on any atom is 0.407 e. The van der Waals surface area contributed by atoms with Crippen molar-refractivity contribution < 1.29 is 29.6 Å². The first kappa shape index (κ1) is 23.3. The van der Waals surface area contributed by atoms with Gasteiger partial charge in [-0.2, -0.15) is 0 Å². The molecule has 3 aromatic rings. The average molecular weight is 463 g/mol. The van der Waals surface area contributed by atoms with Gasteiger partial charge in [0.15, 0.2) is 0 Å². The quantitative estimate of drug-likeness (QED) is 0.323. The number of carboxylic acid groups (broad SMARTS) is 1. The molecule has 3 aromatic carbocycles. The number of nitrogen functional groups attached to an aromatic ring is 1. The number of benzene rings is 3. The maximum atomic E-state index is 12.3. The van der Waals surface area contributed by atoms with E-state index in [-0.39, 0.29) is 42.3 Å². The van der Waals surface area contributed by atoms with Crippen molar-refractivity contribution >= 4 is 17.7 Å². The molecule has 0 saturated heterocycles. The number of hydrogen-bond donors (Lipinski definition) is 5. The summed E-state index contributed by atoms with van der Waals surface area (Å²) in [6, 6.07) is 20.0. The standard InChI is InChI=1S/C26H26N2O6/c27-17-12-15(11-16(13-17)25(31)32)24(30)23(29)9-10-28-26(33)34-14-22-20-7-3-1-5-18(20)19-6-2-4-8-21(19)22/h1-8,11-13,22-24,29-30H,9-10,14,27H2,(H,28,33)(H,31,32). The van der Waals surface area contributed by atoms with Gasteiger partial charge in [0.25, 0.3) is 0 Å². The molecule has 0 saturated carbocycles. The molecule has 8 heteroatoms. The zero-order chi connectivity index (χ0) is 24.2. The molecule has 1 amide bonds. The predicted octanol–water partition coefficient (Wildman–Crippen LogP) is 3.29. The number of alkyl carbamates (subject to hydrolysis) is 1. The number of carbonyl (C=O) groups excluding carboxylic acids is 1. The monoisotopic (exact) mass is 462 g/mol. The minimum absolute atomic E-state index is 0.0303. The van der Waals surface area contributed by atoms with E-state index in [9.17, 15) is 19.8 Å². The van der Waals surface area contributed by atoms with Gasteiger partial charge in [-0.05, 0) is 52.4 Å². The Labute approximate surface area is 196 Å². The number of ether oxygens (including phenoxy) is 1. The van der Waals surface area contributed by atoms with Crippen LogP contribution < -0.4 is 11.1 Å². The molecule has 0 aliphatic heterocycles. The summed E-state index contributed by atoms with van der Waals surface area (Å²) < 4.78 is 5.45. The number of amides is 1. The Morgan fingerprint density at radius 3 is 2.21 bits per heavy atom. The van der Waals surface area contributed by atoms with E-state index < -0.39 is 24.3 Å². The van der Waals surface area contributed by atoms with Crippen molar-refractivity contribution in [2.24, 2.45) is 0 Å². The number of aliphatic hydroxyl groups is 2. The number of anilines is 1. The molecule has 0 aromatic heterocycles. The average Bonchev–Trinajstić information content (AvgIpc) is 3.15. The Balaban J connectivity index is 1.29. The first-order chi connectivity index (χ1) is 16.3. The SMILES string of the molecule is Nc1cc(C(=O)O)cc(C(O)C(O)CCNC(=O)OCC2c3ccccc3-c3ccccc32)c1. The Kier molecular flexibility index (Phi) is 6.81. The van der Waals surface area contributed by atoms with Crippen LogP contribution in [0.3, 0.4) is 0 Å². The molecule has 0 heterocycles. The smallest absolute Gasteiger partial charge is 0.407 e. The lowest BCUT2D eigenvalue weighted by Gasteiger charge is -2.19. The van der Waals surface area contributed by atoms with Crippen LogP contribution in [-0.2, 0) is 4.74 Å². The summed E-state index contributed by atoms with van der Waals surface area (Å²) in [6.45, 7) is 0.231. The predicted molar refractivity (Wildman–Crippen MR) is 126 cm³/mol. The van der Waals surface area contributed by atoms with E-state index in [2.05, 4.69) is 17.4 Å². The van der Waals surface area contributed by atoms with Crippen LogP contribution in [0.4, 0.5) is 10.5 Å². The molecule has 1 aliphatic rings. The van der Waals surface area contributed by atoms with E-state index >= 15 is 0 Å². The molecular weight excluding hydrogens is 436 g/mol. The first-order valence-electron chi connectivity index (χ1n) is 10.9. The van der Waals surface area contributed by atoms with Gasteiger partial charge in [0.05, 0.1) is 11.7 Å². The Bertz CT molecular complexity index is 1170. The van der Waals surface area contributed by atoms with Gasteiger partial charge in [0.2, 0.25) is 0 Å². The lowest BCUT2D eigenvalue weighted by molar-refractivity contribution is 0.0136. The third kappa shape index (κ3) is 4.88. The largest absolute Gasteiger partial charge is 0.478 e. The van der Waals surface area contributed by atoms with E-state index in [1.165, 1.54) is 18.2 Å². The van der Waals surface area contributed by atoms with Crippen molar-refractivity contribution in [2.45, 2.75) is 24.5 Å². The highest BCUT2D eigenvalue weighted by atomic mass is 16.5. The van der Waals surface area contributed by atoms with Gasteiger partial charge >= 0.3 is 12.1 Å². The molecule has 6 N–H and O–H groups in total. The zero-order valence-electron chi connectivity index (χ0n) is 18.3. The van der Waals surface area contributed by atoms with Gasteiger partial charge in [-0.15, -0.1) is 0 Å². The molecule has 0 spiro atoms. The van der Waals surface area contributed by atoms with Crippen molar-refractivity contribution in [2.75, 3.05) is 18.9 Å². The summed E-state index contributed by atoms with van der Waals surface area (Å²) >= 11 is 0. The highest BCUT2D eigenvalue weighted by Crippen LogP contribution is 2.44. The van der Waals surface area contributed by atoms with Crippen molar-refractivity contribution in [3.05, 3.63) is 89.0 Å². The molecule has 1 aliphatic carbocycles. The topological polar surface area (TPSA) is 142 Å². The molecule has 8 nitrogen and oxygen atoms in total. The second-order valence-corrected chi connectivity index (χ2v) is 8.25. The highest BCUT2D eigenvalue weighted by Gasteiger charge is 2.29. The summed E-state index contributed by atoms with van der Waals surface area (Å²) in [7, 11) is 0. The lowest BCUT2D eigenvalue weighted by Crippen LogP contribution is -2.30. The molecule has 0 radical (unpaired) electrons. The first-order valence-corrected chi connectivity index (χ1v) is 10.9. The van der Waals surface area contributed by atoms with Gasteiger partial charge in [0.1, 0.15) is 12.7 Å². The van der Waals surface area contributed by atoms with Crippen LogP contribution in [0, 0.1) is 0 Å². The second-order valence-electron chi connectivity index (χ2n) is 8.25. The minimum atomic E-state index is -1.36. The van der Waals surface area contributed by atoms with E-state index in [0.29, 0.717) is 0 Å². The van der Waals surface area contributed by atoms with Crippen molar-refractivity contribution in [1.82, 2.24) is 5.32 Å². The van der Waals surface area contributed by atoms with Crippen LogP contribution >= 0.6 is 0 Å². The van der Waals surface area contributed by atoms with Gasteiger partial charge in [-0.25, -0.2) is 9.59 Å². The summed E-state index contributed by atoms with van der Waals surface area (Å²) in [5.74, 6) is -1.25. The Morgan fingerprint density at radius 2 is 1.59 bits per heavy atom. The van der Waals surface area contributed by atoms with E-state index in [1.54, 1.807) is 0 Å². The summed E-state index contributed by atoms with van der Waals surface area (Å²) in [5, 5.41) is 32.4. The molecule has 0 bridgehead atoms. The fourth-order valence-corrected chi connectivity index (χ4v) is 4.32. The molecule has 4 rings (SSSR count). The molecule has 34 heavy (non-hydrogen) atoms. The summed E-state index contributed by atoms with van der Waals surface area (Å²) in [4.78, 5) is 23.4. The van der Waals surface area contributed by atoms with Crippen molar-refractivity contribution in [3.63, 3.8) is 0 Å². The fraction of sp³-hybridized carbons (Fsp3) is 0.231. The van der Waals surface area contributed by atoms with Gasteiger partial charge in [-0.3, -0.25) is 0 Å². The number of hydrogen-bond acceptors (Lipinski definition) is 6. The lowest BCUT2D eigenvalue weighted by atomic mass is 9.98. The van der Waals surface area contributed by atoms with E-state index in [4.69, 9.17) is 15.6 Å². The third-order valence-corrected chi connectivity index (χ3v) is 5.98. The van der Waals surface area contributed by atoms with Crippen LogP contribution in [0.2, 0.25) is 0 Å². The van der Waals surface area contributed by atoms with E-state index in [1.807, 2.05) is 36.4 Å². The van der Waals surface area contributed by atoms with E-state index in [0.717, 1.165) is 22.3 Å². The Hall–Kier alpha value is -3.88. The van der Waals surface area contributed by atoms with Crippen molar-refractivity contribution in [1.29, 1.82) is 0 Å². The highest BCUT2D eigenvalue weighted by molar-refractivity contribution is 5.89. The van der Waals surface area contributed by atoms with Crippen LogP contribution in [0.1, 0.15) is 45.5 Å². The Morgan fingerprint density at radius 1 is 0.971 bits per heavy atom. The molecule has 176 valence electrons. The number of nitrogens with one attached hydrogen (secondary N) is 1. The van der Waals surface area contributed by atoms with Gasteiger partial charge < -0.3 is 31.1 Å². The maximum absolute atomic E-state index is 12.3. The summed E-state index contributed by atoms with van der Waals surface area (Å²) in [6.07, 6.45) is -3.19. The molecule has 0 fully saturated rings. The zero-order valence-corrected chi connectivity index (χ0v) is 18.3. The van der Waals surface area contributed by atoms with Gasteiger partial charge in [0, 0.05) is 18.2 Å². The minimum Gasteiger partial charge on any atom is -0.478 e. The number of carbonyl (C=O) groups is 2. The second kappa shape index (κ2) is 9.94. The number of nitrogens with two attached hydrogens (primary N) is 1. The number of rotatable bonds is 8. The molecule has 2 atom stereocenters. The number of fused-ring (bicyclic) bond motifs is 3. The third-order valence-electron chi connectivity index (χ3n) is 5.98. The van der Waals surface area contributed by atoms with Crippen LogP contribution in [-0.4, -0.2) is 46.6 Å². The number of carboxylic acids is 1. The normalized spacial score (nSPS) is 14.1. The van der Waals surface area contributed by atoms with Crippen molar-refractivity contribution in [3.8, 4) is 11.1 Å². The molecular formula is C26H26N2O6. The van der Waals surface area contributed by atoms with Crippen LogP contribution in [0.5, 0.6) is 0 Å². The molecule has 2 unspecified atom stereocenters. The summed E-state index contributed by atoms with van der Waals surface area (Å²) in [5.41, 5.74) is 10.4.